The predicted octanol–water partition coefficient (Wildman–Crippen LogP) is 0.300. The summed E-state index contributed by atoms with van der Waals surface area (Å²) in [4.78, 5) is 1.31. The zero-order valence-corrected chi connectivity index (χ0v) is 6.40. The lowest BCUT2D eigenvalue weighted by Crippen LogP contribution is -2.42. The van der Waals surface area contributed by atoms with Gasteiger partial charge >= 0.3 is 0 Å². The average Bonchev–Trinajstić information content (AvgIpc) is 2.29. The van der Waals surface area contributed by atoms with Crippen LogP contribution in [0.1, 0.15) is 4.88 Å². The van der Waals surface area contributed by atoms with E-state index in [1.54, 1.807) is 0 Å². The van der Waals surface area contributed by atoms with Crippen molar-refractivity contribution < 1.29 is 0 Å². The van der Waals surface area contributed by atoms with E-state index in [1.165, 1.54) is 16.4 Å². The lowest BCUT2D eigenvalue weighted by Gasteiger charge is -2.25. The minimum Gasteiger partial charge on any atom is -0.316 e. The van der Waals surface area contributed by atoms with Crippen molar-refractivity contribution in [1.29, 1.82) is 0 Å². The van der Waals surface area contributed by atoms with Crippen LogP contribution in [0, 0.1) is 5.92 Å². The summed E-state index contributed by atoms with van der Waals surface area (Å²) in [5.41, 5.74) is 0. The first-order chi connectivity index (χ1) is 4.95. The van der Waals surface area contributed by atoms with E-state index in [-0.39, 0.29) is 0 Å². The molecule has 10 heavy (non-hydrogen) atoms. The maximum absolute atomic E-state index is 3.80. The van der Waals surface area contributed by atoms with Gasteiger partial charge < -0.3 is 5.32 Å². The van der Waals surface area contributed by atoms with Gasteiger partial charge in [-0.2, -0.15) is 0 Å². The summed E-state index contributed by atoms with van der Waals surface area (Å²) in [6.45, 7) is 2.33. The van der Waals surface area contributed by atoms with E-state index >= 15 is 0 Å². The second-order valence-corrected chi connectivity index (χ2v) is 3.48. The Kier molecular flexibility index (Phi) is 1.65. The smallest absolute Gasteiger partial charge is 0.0653 e. The number of nitrogens with zero attached hydrogens (tertiary/aromatic N) is 2. The fourth-order valence-electron chi connectivity index (χ4n) is 1.05. The van der Waals surface area contributed by atoms with Gasteiger partial charge in [-0.05, 0) is 37.0 Å². The minimum absolute atomic E-state index is 0.835. The fraction of sp³-hybridized carbons (Fsp3) is 0.667. The third-order valence-electron chi connectivity index (χ3n) is 1.76. The summed E-state index contributed by atoms with van der Waals surface area (Å²) in [5, 5.41) is 7.02. The van der Waals surface area contributed by atoms with Crippen LogP contribution in [0.15, 0.2) is 6.20 Å². The third kappa shape index (κ3) is 1.17. The Bertz CT molecular complexity index is 193. The summed E-state index contributed by atoms with van der Waals surface area (Å²) in [5.74, 6) is 0.835. The first kappa shape index (κ1) is 6.24. The average molecular weight is 155 g/mol. The normalized spacial score (nSPS) is 18.8. The molecular formula is C6H9N3S. The van der Waals surface area contributed by atoms with E-state index in [1.807, 2.05) is 6.20 Å². The molecule has 1 aromatic rings. The molecule has 0 amide bonds. The quantitative estimate of drug-likeness (QED) is 0.667. The second kappa shape index (κ2) is 2.64. The first-order valence-electron chi connectivity index (χ1n) is 3.42. The van der Waals surface area contributed by atoms with E-state index in [0.29, 0.717) is 0 Å². The molecule has 2 heterocycles. The number of rotatable bonds is 2. The summed E-state index contributed by atoms with van der Waals surface area (Å²) in [7, 11) is 0. The van der Waals surface area contributed by atoms with Crippen LogP contribution in [0.5, 0.6) is 0 Å². The van der Waals surface area contributed by atoms with Crippen molar-refractivity contribution in [3.63, 3.8) is 0 Å². The van der Waals surface area contributed by atoms with Crippen LogP contribution in [-0.2, 0) is 6.42 Å². The first-order valence-corrected chi connectivity index (χ1v) is 4.19. The van der Waals surface area contributed by atoms with Gasteiger partial charge in [-0.1, -0.05) is 4.49 Å². The van der Waals surface area contributed by atoms with Gasteiger partial charge in [-0.25, -0.2) is 0 Å². The van der Waals surface area contributed by atoms with Gasteiger partial charge in [0.2, 0.25) is 0 Å². The van der Waals surface area contributed by atoms with Crippen LogP contribution in [-0.4, -0.2) is 22.7 Å². The molecule has 1 aliphatic rings. The fourth-order valence-corrected chi connectivity index (χ4v) is 1.66. The maximum atomic E-state index is 3.80. The molecule has 0 aliphatic carbocycles. The number of hydrogen-bond acceptors (Lipinski definition) is 4. The van der Waals surface area contributed by atoms with Crippen molar-refractivity contribution in [3.8, 4) is 0 Å². The van der Waals surface area contributed by atoms with E-state index < -0.39 is 0 Å². The SMILES string of the molecule is c1nnsc1CC1CNC1. The molecule has 0 atom stereocenters. The lowest BCUT2D eigenvalue weighted by molar-refractivity contribution is 0.348. The van der Waals surface area contributed by atoms with Crippen LogP contribution in [0.25, 0.3) is 0 Å². The zero-order chi connectivity index (χ0) is 6.81. The predicted molar refractivity (Wildman–Crippen MR) is 40.0 cm³/mol. The molecule has 4 heteroatoms. The van der Waals surface area contributed by atoms with Crippen LogP contribution in [0.2, 0.25) is 0 Å². The summed E-state index contributed by atoms with van der Waals surface area (Å²) < 4.78 is 3.80. The molecule has 0 saturated carbocycles. The van der Waals surface area contributed by atoms with Crippen LogP contribution in [0.4, 0.5) is 0 Å². The highest BCUT2D eigenvalue weighted by molar-refractivity contribution is 7.05. The molecule has 3 nitrogen and oxygen atoms in total. The van der Waals surface area contributed by atoms with Crippen LogP contribution < -0.4 is 5.32 Å². The zero-order valence-electron chi connectivity index (χ0n) is 5.58. The highest BCUT2D eigenvalue weighted by Crippen LogP contribution is 2.13. The monoisotopic (exact) mass is 155 g/mol. The maximum Gasteiger partial charge on any atom is 0.0653 e. The van der Waals surface area contributed by atoms with Gasteiger partial charge in [0, 0.05) is 4.88 Å². The van der Waals surface area contributed by atoms with E-state index in [4.69, 9.17) is 0 Å². The molecule has 1 N–H and O–H groups in total. The minimum atomic E-state index is 0.835. The molecule has 0 radical (unpaired) electrons. The Morgan fingerprint density at radius 3 is 3.10 bits per heavy atom. The van der Waals surface area contributed by atoms with E-state index in [9.17, 15) is 0 Å². The Morgan fingerprint density at radius 2 is 2.60 bits per heavy atom. The van der Waals surface area contributed by atoms with Crippen molar-refractivity contribution in [3.05, 3.63) is 11.1 Å². The molecule has 1 saturated heterocycles. The highest BCUT2D eigenvalue weighted by atomic mass is 32.1. The topological polar surface area (TPSA) is 37.8 Å². The largest absolute Gasteiger partial charge is 0.316 e. The van der Waals surface area contributed by atoms with Crippen molar-refractivity contribution in [2.45, 2.75) is 6.42 Å². The molecule has 54 valence electrons. The Balaban J connectivity index is 1.90. The van der Waals surface area contributed by atoms with Crippen molar-refractivity contribution in [1.82, 2.24) is 14.9 Å². The summed E-state index contributed by atoms with van der Waals surface area (Å²) >= 11 is 1.51. The van der Waals surface area contributed by atoms with Gasteiger partial charge in [-0.3, -0.25) is 0 Å². The molecule has 1 aromatic heterocycles. The highest BCUT2D eigenvalue weighted by Gasteiger charge is 2.17. The molecular weight excluding hydrogens is 146 g/mol. The third-order valence-corrected chi connectivity index (χ3v) is 2.45. The second-order valence-electron chi connectivity index (χ2n) is 2.61. The number of nitrogens with one attached hydrogen (secondary N) is 1. The molecule has 0 unspecified atom stereocenters. The molecule has 1 aliphatic heterocycles. The summed E-state index contributed by atoms with van der Waals surface area (Å²) in [6, 6.07) is 0. The molecule has 0 aromatic carbocycles. The molecule has 1 fully saturated rings. The molecule has 2 rings (SSSR count). The van der Waals surface area contributed by atoms with Crippen LogP contribution in [0.3, 0.4) is 0 Å². The lowest BCUT2D eigenvalue weighted by atomic mass is 9.99. The van der Waals surface area contributed by atoms with E-state index in [2.05, 4.69) is 14.9 Å². The van der Waals surface area contributed by atoms with Crippen molar-refractivity contribution in [2.24, 2.45) is 5.92 Å². The van der Waals surface area contributed by atoms with Crippen LogP contribution >= 0.6 is 11.5 Å². The van der Waals surface area contributed by atoms with Gasteiger partial charge in [0.1, 0.15) is 0 Å². The molecule has 0 bridgehead atoms. The number of hydrogen-bond donors (Lipinski definition) is 1. The summed E-state index contributed by atoms with van der Waals surface area (Å²) in [6.07, 6.45) is 3.02. The van der Waals surface area contributed by atoms with Gasteiger partial charge in [0.05, 0.1) is 6.20 Å². The number of aromatic nitrogens is 2. The van der Waals surface area contributed by atoms with E-state index in [0.717, 1.165) is 25.4 Å². The van der Waals surface area contributed by atoms with Crippen molar-refractivity contribution in [2.75, 3.05) is 13.1 Å². The standard InChI is InChI=1S/C6H9N3S/c1(5-2-7-3-5)6-4-8-9-10-6/h4-5,7H,1-3H2. The van der Waals surface area contributed by atoms with Crippen molar-refractivity contribution >= 4 is 11.5 Å². The van der Waals surface area contributed by atoms with Gasteiger partial charge in [-0.15, -0.1) is 5.10 Å². The molecule has 0 spiro atoms. The Labute approximate surface area is 63.6 Å². The van der Waals surface area contributed by atoms with Gasteiger partial charge in [0.15, 0.2) is 0 Å². The van der Waals surface area contributed by atoms with Gasteiger partial charge in [0.25, 0.3) is 0 Å². The Hall–Kier alpha value is -0.480. The Morgan fingerprint density at radius 1 is 1.70 bits per heavy atom.